The smallest absolute Gasteiger partial charge is 0.225 e. The Kier molecular flexibility index (Phi) is 6.77. The number of nitrogens with zero attached hydrogens (tertiary/aromatic N) is 3. The van der Waals surface area contributed by atoms with Gasteiger partial charge in [0, 0.05) is 42.6 Å². The van der Waals surface area contributed by atoms with Crippen molar-refractivity contribution in [1.82, 2.24) is 14.7 Å². The maximum atomic E-state index is 12.9. The number of fused-ring (bicyclic) bond motifs is 1. The number of aliphatic hydroxyl groups excluding tert-OH is 1. The average Bonchev–Trinajstić information content (AvgIpc) is 2.66. The number of carbonyl (C=O) groups is 1. The van der Waals surface area contributed by atoms with Gasteiger partial charge in [0.2, 0.25) is 5.91 Å². The lowest BCUT2D eigenvalue weighted by Crippen LogP contribution is -2.68. The van der Waals surface area contributed by atoms with Crippen LogP contribution in [0.2, 0.25) is 0 Å². The highest BCUT2D eigenvalue weighted by molar-refractivity contribution is 5.79. The van der Waals surface area contributed by atoms with Gasteiger partial charge < -0.3 is 10.0 Å². The van der Waals surface area contributed by atoms with Crippen LogP contribution in [-0.4, -0.2) is 84.7 Å². The van der Waals surface area contributed by atoms with E-state index in [1.807, 2.05) is 14.1 Å². The third-order valence-corrected chi connectivity index (χ3v) is 7.06. The highest BCUT2D eigenvalue weighted by atomic mass is 16.3. The number of rotatable bonds is 4. The van der Waals surface area contributed by atoms with Gasteiger partial charge in [-0.2, -0.15) is 0 Å². The molecule has 162 valence electrons. The van der Waals surface area contributed by atoms with Crippen molar-refractivity contribution in [2.45, 2.75) is 50.1 Å². The summed E-state index contributed by atoms with van der Waals surface area (Å²) in [6, 6.07) is 8.98. The van der Waals surface area contributed by atoms with Crippen molar-refractivity contribution in [1.29, 1.82) is 0 Å². The first-order chi connectivity index (χ1) is 14.6. The summed E-state index contributed by atoms with van der Waals surface area (Å²) in [5, 5.41) is 10.1. The molecule has 0 unspecified atom stereocenters. The van der Waals surface area contributed by atoms with Crippen LogP contribution in [0.3, 0.4) is 0 Å². The number of benzene rings is 1. The van der Waals surface area contributed by atoms with Gasteiger partial charge in [-0.05, 0) is 64.0 Å². The van der Waals surface area contributed by atoms with Gasteiger partial charge >= 0.3 is 0 Å². The first kappa shape index (κ1) is 21.4. The fraction of sp³-hybridized carbons (Fsp3) is 0.640. The molecule has 5 nitrogen and oxygen atoms in total. The highest BCUT2D eigenvalue weighted by Crippen LogP contribution is 2.42. The monoisotopic (exact) mass is 409 g/mol. The molecule has 2 heterocycles. The third kappa shape index (κ3) is 4.42. The molecule has 2 aliphatic heterocycles. The standard InChI is InChI=1S/C25H35N3O2/c1-26(2)14-6-7-19-10-12-20(13-11-19)24-22-17-27(25(30)21-8-5-9-21)15-3-4-16-28(22)23(24)18-29/h10-13,21-24,29H,3-5,8-9,14-18H2,1-2H3/t22-,23+,24+/m1/s1. The Morgan fingerprint density at radius 2 is 1.87 bits per heavy atom. The Balaban J connectivity index is 1.49. The largest absolute Gasteiger partial charge is 0.395 e. The quantitative estimate of drug-likeness (QED) is 0.774. The van der Waals surface area contributed by atoms with Crippen LogP contribution in [0.1, 0.15) is 49.1 Å². The number of hydrogen-bond acceptors (Lipinski definition) is 4. The Labute approximate surface area is 181 Å². The molecule has 5 heteroatoms. The van der Waals surface area contributed by atoms with Crippen molar-refractivity contribution < 1.29 is 9.90 Å². The average molecular weight is 410 g/mol. The summed E-state index contributed by atoms with van der Waals surface area (Å²) in [6.45, 7) is 3.62. The molecule has 30 heavy (non-hydrogen) atoms. The predicted octanol–water partition coefficient (Wildman–Crippen LogP) is 2.15. The lowest BCUT2D eigenvalue weighted by atomic mass is 9.74. The maximum Gasteiger partial charge on any atom is 0.225 e. The summed E-state index contributed by atoms with van der Waals surface area (Å²) in [4.78, 5) is 19.6. The fourth-order valence-electron chi connectivity index (χ4n) is 5.14. The molecule has 4 rings (SSSR count). The van der Waals surface area contributed by atoms with Crippen LogP contribution < -0.4 is 0 Å². The summed E-state index contributed by atoms with van der Waals surface area (Å²) >= 11 is 0. The van der Waals surface area contributed by atoms with E-state index in [0.29, 0.717) is 11.9 Å². The molecule has 1 aromatic carbocycles. The predicted molar refractivity (Wildman–Crippen MR) is 119 cm³/mol. The lowest BCUT2D eigenvalue weighted by molar-refractivity contribution is -0.143. The van der Waals surface area contributed by atoms with Gasteiger partial charge in [0.05, 0.1) is 13.2 Å². The molecule has 0 aromatic heterocycles. The summed E-state index contributed by atoms with van der Waals surface area (Å²) in [6.07, 6.45) is 5.46. The van der Waals surface area contributed by atoms with Gasteiger partial charge in [0.1, 0.15) is 0 Å². The van der Waals surface area contributed by atoms with Crippen molar-refractivity contribution in [2.24, 2.45) is 5.92 Å². The second kappa shape index (κ2) is 9.51. The van der Waals surface area contributed by atoms with E-state index in [-0.39, 0.29) is 24.5 Å². The van der Waals surface area contributed by atoms with E-state index >= 15 is 0 Å². The third-order valence-electron chi connectivity index (χ3n) is 7.06. The Morgan fingerprint density at radius 1 is 1.13 bits per heavy atom. The molecule has 0 spiro atoms. The summed E-state index contributed by atoms with van der Waals surface area (Å²) in [7, 11) is 4.03. The van der Waals surface area contributed by atoms with Crippen LogP contribution in [0.25, 0.3) is 0 Å². The van der Waals surface area contributed by atoms with Crippen LogP contribution in [0.15, 0.2) is 24.3 Å². The maximum absolute atomic E-state index is 12.9. The van der Waals surface area contributed by atoms with Crippen molar-refractivity contribution in [2.75, 3.05) is 46.9 Å². The van der Waals surface area contributed by atoms with E-state index in [0.717, 1.165) is 57.4 Å². The van der Waals surface area contributed by atoms with Crippen LogP contribution in [0.5, 0.6) is 0 Å². The number of carbonyl (C=O) groups excluding carboxylic acids is 1. The van der Waals surface area contributed by atoms with Gasteiger partial charge in [-0.25, -0.2) is 0 Å². The molecular formula is C25H35N3O2. The molecule has 1 aliphatic carbocycles. The SMILES string of the molecule is CN(C)CC#Cc1ccc([C@H]2[C@H]3CN(C(=O)C4CCC4)CCCCN3[C@H]2CO)cc1. The highest BCUT2D eigenvalue weighted by Gasteiger charge is 2.49. The van der Waals surface area contributed by atoms with E-state index < -0.39 is 0 Å². The molecule has 1 aromatic rings. The fourth-order valence-corrected chi connectivity index (χ4v) is 5.14. The molecule has 2 saturated heterocycles. The van der Waals surface area contributed by atoms with E-state index in [4.69, 9.17) is 0 Å². The minimum atomic E-state index is 0.152. The second-order valence-electron chi connectivity index (χ2n) is 9.36. The minimum absolute atomic E-state index is 0.152. The molecule has 3 atom stereocenters. The van der Waals surface area contributed by atoms with Crippen LogP contribution in [0.4, 0.5) is 0 Å². The van der Waals surface area contributed by atoms with Gasteiger partial charge in [0.25, 0.3) is 0 Å². The molecule has 3 aliphatic rings. The summed E-state index contributed by atoms with van der Waals surface area (Å²) in [5.74, 6) is 7.29. The first-order valence-electron chi connectivity index (χ1n) is 11.5. The summed E-state index contributed by atoms with van der Waals surface area (Å²) in [5.41, 5.74) is 2.28. The molecule has 1 amide bonds. The van der Waals surface area contributed by atoms with E-state index in [1.165, 1.54) is 12.0 Å². The number of hydrogen-bond donors (Lipinski definition) is 1. The van der Waals surface area contributed by atoms with E-state index in [9.17, 15) is 9.90 Å². The van der Waals surface area contributed by atoms with Crippen LogP contribution in [0, 0.1) is 17.8 Å². The van der Waals surface area contributed by atoms with Crippen molar-refractivity contribution in [3.05, 3.63) is 35.4 Å². The number of amides is 1. The van der Waals surface area contributed by atoms with Crippen LogP contribution >= 0.6 is 0 Å². The van der Waals surface area contributed by atoms with Crippen molar-refractivity contribution in [3.8, 4) is 11.8 Å². The molecular weight excluding hydrogens is 374 g/mol. The first-order valence-corrected chi connectivity index (χ1v) is 11.5. The zero-order valence-electron chi connectivity index (χ0n) is 18.4. The van der Waals surface area contributed by atoms with E-state index in [1.54, 1.807) is 0 Å². The van der Waals surface area contributed by atoms with Gasteiger partial charge in [-0.15, -0.1) is 0 Å². The zero-order chi connectivity index (χ0) is 21.1. The topological polar surface area (TPSA) is 47.0 Å². The lowest BCUT2D eigenvalue weighted by Gasteiger charge is -2.57. The van der Waals surface area contributed by atoms with Gasteiger partial charge in [-0.3, -0.25) is 14.6 Å². The Morgan fingerprint density at radius 3 is 2.50 bits per heavy atom. The molecule has 1 N–H and O–H groups in total. The normalized spacial score (nSPS) is 27.2. The van der Waals surface area contributed by atoms with Gasteiger partial charge in [-0.1, -0.05) is 30.4 Å². The Hall–Kier alpha value is -1.87. The second-order valence-corrected chi connectivity index (χ2v) is 9.36. The zero-order valence-corrected chi connectivity index (χ0v) is 18.4. The van der Waals surface area contributed by atoms with Crippen LogP contribution in [-0.2, 0) is 4.79 Å². The molecule has 1 saturated carbocycles. The number of aliphatic hydroxyl groups is 1. The summed E-state index contributed by atoms with van der Waals surface area (Å²) < 4.78 is 0. The van der Waals surface area contributed by atoms with Crippen molar-refractivity contribution >= 4 is 5.91 Å². The molecule has 0 radical (unpaired) electrons. The Bertz CT molecular complexity index is 791. The molecule has 3 fully saturated rings. The van der Waals surface area contributed by atoms with Gasteiger partial charge in [0.15, 0.2) is 0 Å². The molecule has 0 bridgehead atoms. The van der Waals surface area contributed by atoms with E-state index in [2.05, 4.69) is 50.8 Å². The minimum Gasteiger partial charge on any atom is -0.395 e. The van der Waals surface area contributed by atoms with Crippen molar-refractivity contribution in [3.63, 3.8) is 0 Å².